The van der Waals surface area contributed by atoms with Crippen molar-refractivity contribution in [3.8, 4) is 0 Å². The van der Waals surface area contributed by atoms with Crippen molar-refractivity contribution in [1.29, 1.82) is 0 Å². The van der Waals surface area contributed by atoms with E-state index in [1.165, 1.54) is 6.92 Å². The molecular formula is C11H14N4O3. The number of urea groups is 1. The van der Waals surface area contributed by atoms with Crippen LogP contribution in [-0.4, -0.2) is 39.1 Å². The topological polar surface area (TPSA) is 84.3 Å². The molecule has 0 saturated carbocycles. The fourth-order valence-corrected chi connectivity index (χ4v) is 1.76. The summed E-state index contributed by atoms with van der Waals surface area (Å²) in [6, 6.07) is 1.17. The van der Waals surface area contributed by atoms with Crippen molar-refractivity contribution < 1.29 is 14.4 Å². The summed E-state index contributed by atoms with van der Waals surface area (Å²) in [6.45, 7) is 2.39. The van der Waals surface area contributed by atoms with Gasteiger partial charge in [-0.2, -0.15) is 5.10 Å². The van der Waals surface area contributed by atoms with Gasteiger partial charge in [0.25, 0.3) is 0 Å². The Bertz CT molecular complexity index is 469. The number of aromatic nitrogens is 2. The number of barbiturate groups is 1. The van der Waals surface area contributed by atoms with Gasteiger partial charge in [-0.15, -0.1) is 0 Å². The standard InChI is InChI=1S/C11H14N4O3/c1-8-9(16)13-11(18)15(10(8)17)7-3-6-14-5-2-4-12-14/h2,4-5,8H,3,6-7H2,1H3,(H,13,16,18). The van der Waals surface area contributed by atoms with E-state index in [2.05, 4.69) is 10.4 Å². The number of carbonyl (C=O) groups excluding carboxylic acids is 3. The highest BCUT2D eigenvalue weighted by atomic mass is 16.2. The zero-order chi connectivity index (χ0) is 13.1. The number of nitrogens with zero attached hydrogens (tertiary/aromatic N) is 3. The summed E-state index contributed by atoms with van der Waals surface area (Å²) >= 11 is 0. The molecule has 1 N–H and O–H groups in total. The van der Waals surface area contributed by atoms with Crippen molar-refractivity contribution in [2.24, 2.45) is 5.92 Å². The number of aryl methyl sites for hydroxylation is 1. The molecule has 96 valence electrons. The summed E-state index contributed by atoms with van der Waals surface area (Å²) in [5, 5.41) is 6.18. The van der Waals surface area contributed by atoms with E-state index in [1.54, 1.807) is 16.9 Å². The lowest BCUT2D eigenvalue weighted by molar-refractivity contribution is -0.141. The van der Waals surface area contributed by atoms with E-state index in [0.29, 0.717) is 13.0 Å². The Morgan fingerprint density at radius 3 is 2.78 bits per heavy atom. The van der Waals surface area contributed by atoms with E-state index in [-0.39, 0.29) is 6.54 Å². The molecule has 1 atom stereocenters. The summed E-state index contributed by atoms with van der Waals surface area (Å²) in [7, 11) is 0. The van der Waals surface area contributed by atoms with Crippen LogP contribution in [0.5, 0.6) is 0 Å². The quantitative estimate of drug-likeness (QED) is 0.761. The highest BCUT2D eigenvalue weighted by Crippen LogP contribution is 2.10. The highest BCUT2D eigenvalue weighted by Gasteiger charge is 2.36. The summed E-state index contributed by atoms with van der Waals surface area (Å²) in [4.78, 5) is 35.6. The first-order valence-corrected chi connectivity index (χ1v) is 5.73. The third-order valence-corrected chi connectivity index (χ3v) is 2.83. The normalized spacial score (nSPS) is 20.2. The van der Waals surface area contributed by atoms with Gasteiger partial charge in [0.1, 0.15) is 5.92 Å². The van der Waals surface area contributed by atoms with Crippen LogP contribution in [0.25, 0.3) is 0 Å². The van der Waals surface area contributed by atoms with E-state index < -0.39 is 23.8 Å². The Hall–Kier alpha value is -2.18. The van der Waals surface area contributed by atoms with Gasteiger partial charge in [-0.05, 0) is 19.4 Å². The van der Waals surface area contributed by atoms with Crippen LogP contribution in [0.1, 0.15) is 13.3 Å². The summed E-state index contributed by atoms with van der Waals surface area (Å²) in [6.07, 6.45) is 4.07. The van der Waals surface area contributed by atoms with Gasteiger partial charge in [0, 0.05) is 25.5 Å². The molecule has 1 aromatic rings. The van der Waals surface area contributed by atoms with Gasteiger partial charge >= 0.3 is 6.03 Å². The van der Waals surface area contributed by atoms with Crippen molar-refractivity contribution in [1.82, 2.24) is 20.0 Å². The first-order chi connectivity index (χ1) is 8.59. The van der Waals surface area contributed by atoms with E-state index in [0.717, 1.165) is 4.90 Å². The fraction of sp³-hybridized carbons (Fsp3) is 0.455. The van der Waals surface area contributed by atoms with Crippen molar-refractivity contribution in [3.05, 3.63) is 18.5 Å². The van der Waals surface area contributed by atoms with Crippen molar-refractivity contribution >= 4 is 17.8 Å². The molecule has 1 aliphatic heterocycles. The predicted octanol–water partition coefficient (Wildman–Crippen LogP) is -0.0123. The minimum absolute atomic E-state index is 0.280. The van der Waals surface area contributed by atoms with Gasteiger partial charge in [-0.25, -0.2) is 4.79 Å². The van der Waals surface area contributed by atoms with Gasteiger partial charge in [-0.1, -0.05) is 0 Å². The highest BCUT2D eigenvalue weighted by molar-refractivity contribution is 6.15. The fourth-order valence-electron chi connectivity index (χ4n) is 1.76. The number of hydrogen-bond donors (Lipinski definition) is 1. The van der Waals surface area contributed by atoms with Gasteiger partial charge in [0.15, 0.2) is 0 Å². The molecule has 1 aromatic heterocycles. The molecule has 1 unspecified atom stereocenters. The molecule has 7 nitrogen and oxygen atoms in total. The molecule has 2 heterocycles. The maximum Gasteiger partial charge on any atom is 0.330 e. The van der Waals surface area contributed by atoms with Crippen LogP contribution in [0.3, 0.4) is 0 Å². The van der Waals surface area contributed by atoms with Crippen LogP contribution < -0.4 is 5.32 Å². The predicted molar refractivity (Wildman–Crippen MR) is 61.3 cm³/mol. The van der Waals surface area contributed by atoms with Crippen LogP contribution in [0, 0.1) is 5.92 Å². The molecule has 1 saturated heterocycles. The zero-order valence-electron chi connectivity index (χ0n) is 10.00. The van der Waals surface area contributed by atoms with E-state index in [4.69, 9.17) is 0 Å². The number of nitrogens with one attached hydrogen (secondary N) is 1. The van der Waals surface area contributed by atoms with E-state index in [1.807, 2.05) is 6.20 Å². The maximum atomic E-state index is 11.8. The molecule has 0 aromatic carbocycles. The van der Waals surface area contributed by atoms with Crippen LogP contribution in [0.4, 0.5) is 4.79 Å². The number of imide groups is 2. The second-order valence-electron chi connectivity index (χ2n) is 4.13. The molecule has 7 heteroatoms. The molecular weight excluding hydrogens is 236 g/mol. The van der Waals surface area contributed by atoms with Crippen LogP contribution in [0.2, 0.25) is 0 Å². The SMILES string of the molecule is CC1C(=O)NC(=O)N(CCCn2cccn2)C1=O. The largest absolute Gasteiger partial charge is 0.330 e. The van der Waals surface area contributed by atoms with Crippen molar-refractivity contribution in [2.45, 2.75) is 19.9 Å². The molecule has 1 fully saturated rings. The molecule has 0 bridgehead atoms. The first-order valence-electron chi connectivity index (χ1n) is 5.73. The Balaban J connectivity index is 1.90. The third-order valence-electron chi connectivity index (χ3n) is 2.83. The molecule has 0 radical (unpaired) electrons. The lowest BCUT2D eigenvalue weighted by Crippen LogP contribution is -2.57. The summed E-state index contributed by atoms with van der Waals surface area (Å²) in [5.74, 6) is -1.77. The average Bonchev–Trinajstić information content (AvgIpc) is 2.84. The molecule has 4 amide bonds. The second kappa shape index (κ2) is 4.99. The lowest BCUT2D eigenvalue weighted by Gasteiger charge is -2.28. The molecule has 0 spiro atoms. The number of rotatable bonds is 4. The average molecular weight is 250 g/mol. The monoisotopic (exact) mass is 250 g/mol. The maximum absolute atomic E-state index is 11.8. The van der Waals surface area contributed by atoms with Crippen LogP contribution in [-0.2, 0) is 16.1 Å². The van der Waals surface area contributed by atoms with Gasteiger partial charge in [0.05, 0.1) is 0 Å². The summed E-state index contributed by atoms with van der Waals surface area (Å²) in [5.41, 5.74) is 0. The Morgan fingerprint density at radius 1 is 1.33 bits per heavy atom. The van der Waals surface area contributed by atoms with E-state index >= 15 is 0 Å². The number of carbonyl (C=O) groups is 3. The first kappa shape index (κ1) is 12.3. The Morgan fingerprint density at radius 2 is 2.11 bits per heavy atom. The van der Waals surface area contributed by atoms with Crippen LogP contribution >= 0.6 is 0 Å². The Labute approximate surface area is 104 Å². The van der Waals surface area contributed by atoms with Gasteiger partial charge < -0.3 is 0 Å². The zero-order valence-corrected chi connectivity index (χ0v) is 10.00. The summed E-state index contributed by atoms with van der Waals surface area (Å²) < 4.78 is 1.72. The molecule has 18 heavy (non-hydrogen) atoms. The minimum atomic E-state index is -0.799. The van der Waals surface area contributed by atoms with Gasteiger partial charge in [0.2, 0.25) is 11.8 Å². The molecule has 2 rings (SSSR count). The van der Waals surface area contributed by atoms with E-state index in [9.17, 15) is 14.4 Å². The smallest absolute Gasteiger partial charge is 0.277 e. The molecule has 1 aliphatic rings. The lowest BCUT2D eigenvalue weighted by atomic mass is 10.1. The van der Waals surface area contributed by atoms with Crippen LogP contribution in [0.15, 0.2) is 18.5 Å². The number of amides is 4. The second-order valence-corrected chi connectivity index (χ2v) is 4.13. The third kappa shape index (κ3) is 2.39. The van der Waals surface area contributed by atoms with Gasteiger partial charge in [-0.3, -0.25) is 24.5 Å². The number of hydrogen-bond acceptors (Lipinski definition) is 4. The molecule has 0 aliphatic carbocycles. The van der Waals surface area contributed by atoms with Crippen molar-refractivity contribution in [3.63, 3.8) is 0 Å². The minimum Gasteiger partial charge on any atom is -0.277 e. The van der Waals surface area contributed by atoms with Crippen molar-refractivity contribution in [2.75, 3.05) is 6.54 Å². The Kier molecular flexibility index (Phi) is 3.40.